The Hall–Kier alpha value is -3.05. The van der Waals surface area contributed by atoms with Gasteiger partial charge in [-0.2, -0.15) is 0 Å². The van der Waals surface area contributed by atoms with E-state index >= 15 is 0 Å². The molecular formula is C88H161O25P. The highest BCUT2D eigenvalue weighted by Gasteiger charge is 2.60. The molecule has 19 atom stereocenters. The van der Waals surface area contributed by atoms with Crippen molar-refractivity contribution in [1.29, 1.82) is 0 Å². The Morgan fingerprint density at radius 2 is 0.711 bits per heavy atom. The van der Waals surface area contributed by atoms with Gasteiger partial charge in [0.1, 0.15) is 92.6 Å². The standard InChI is InChI=1S/C88H161O25P/c1-6-10-14-18-22-25-28-31-34-37-40-47-53-59-71(90)104-64-68(107-73(92)61-55-50-44-43-46-52-58-67(5)57-51-45-21-17-13-9-4)65-106-114(102,103)113-86-84(111-87-81(100)77(96)75(94)69(63-89)108-87)80(99)79(98)83(110-74(93)62-56-49-42-39-36-33-30-27-24-20-16-12-8-3)85(86)112-88-82(101)78(97)76(95)70(109-88)66-105-72(91)60-54-48-41-38-35-32-29-26-23-19-15-11-7-2/h31-32,34-35,67-70,75-89,94-101H,6-30,33,36-66H2,1-5H3,(H,102,103)/b34-31-,35-32-. The molecule has 2 heterocycles. The Kier molecular flexibility index (Phi) is 61.5. The maximum atomic E-state index is 14.9. The average molecular weight is 1650 g/mol. The molecule has 0 aromatic rings. The van der Waals surface area contributed by atoms with Gasteiger partial charge in [0.25, 0.3) is 0 Å². The molecule has 26 heteroatoms. The van der Waals surface area contributed by atoms with Gasteiger partial charge < -0.3 is 88.7 Å². The van der Waals surface area contributed by atoms with Crippen LogP contribution in [0.5, 0.6) is 0 Å². The third-order valence-corrected chi connectivity index (χ3v) is 23.3. The molecule has 2 saturated heterocycles. The van der Waals surface area contributed by atoms with Gasteiger partial charge in [-0.15, -0.1) is 0 Å². The van der Waals surface area contributed by atoms with E-state index in [-0.39, 0.29) is 25.7 Å². The number of esters is 4. The summed E-state index contributed by atoms with van der Waals surface area (Å²) in [6.45, 7) is 7.85. The minimum atomic E-state index is -5.81. The SMILES string of the molecule is CCCCCCCC/C=C\CCCCCC(=O)OCC(COP(=O)(O)OC1C(OC2OC(CO)C(O)C(O)C2O)C(O)C(O)C(OC(=O)CCCCCCCCCCCCCCC)C1OC1OC(COC(=O)CCCCC/C=C\CCCCCCCC)C(O)C(O)C1O)OC(=O)CCCCCCCCC(C)CCCCCCCC. The van der Waals surface area contributed by atoms with Gasteiger partial charge in [0, 0.05) is 25.7 Å². The second kappa shape index (κ2) is 66.6. The molecular weight excluding hydrogens is 1490 g/mol. The topological polar surface area (TPSA) is 380 Å². The van der Waals surface area contributed by atoms with Crippen LogP contribution in [0.15, 0.2) is 24.3 Å². The summed E-state index contributed by atoms with van der Waals surface area (Å²) >= 11 is 0. The van der Waals surface area contributed by atoms with Crippen molar-refractivity contribution in [3.63, 3.8) is 0 Å². The number of phosphoric acid groups is 1. The number of hydrogen-bond acceptors (Lipinski definition) is 24. The number of carbonyl (C=O) groups is 4. The average Bonchev–Trinajstić information content (AvgIpc) is 0.754. The summed E-state index contributed by atoms with van der Waals surface area (Å²) in [6, 6.07) is 0. The normalized spacial score (nSPS) is 25.7. The van der Waals surface area contributed by atoms with Gasteiger partial charge in [0.05, 0.1) is 13.2 Å². The van der Waals surface area contributed by atoms with Crippen LogP contribution in [-0.2, 0) is 70.7 Å². The van der Waals surface area contributed by atoms with Crippen molar-refractivity contribution in [2.24, 2.45) is 5.92 Å². The van der Waals surface area contributed by atoms with Crippen LogP contribution in [0.3, 0.4) is 0 Å². The number of aliphatic hydroxyl groups excluding tert-OH is 9. The summed E-state index contributed by atoms with van der Waals surface area (Å²) in [5.74, 6) is -2.33. The number of allylic oxidation sites excluding steroid dienone is 4. The van der Waals surface area contributed by atoms with Crippen LogP contribution in [0, 0.1) is 5.92 Å². The predicted octanol–water partition coefficient (Wildman–Crippen LogP) is 16.0. The van der Waals surface area contributed by atoms with E-state index in [1.807, 2.05) is 0 Å². The number of carbonyl (C=O) groups excluding carboxylic acids is 4. The summed E-state index contributed by atoms with van der Waals surface area (Å²) in [7, 11) is -5.81. The zero-order valence-corrected chi connectivity index (χ0v) is 71.9. The van der Waals surface area contributed by atoms with Crippen LogP contribution in [0.2, 0.25) is 0 Å². The number of rotatable bonds is 72. The summed E-state index contributed by atoms with van der Waals surface area (Å²) in [4.78, 5) is 66.3. The highest BCUT2D eigenvalue weighted by Crippen LogP contribution is 2.49. The van der Waals surface area contributed by atoms with Crippen LogP contribution in [-0.4, -0.2) is 205 Å². The molecule has 2 aliphatic heterocycles. The van der Waals surface area contributed by atoms with E-state index < -0.39 is 162 Å². The zero-order chi connectivity index (χ0) is 83.4. The highest BCUT2D eigenvalue weighted by molar-refractivity contribution is 7.47. The fraction of sp³-hybridized carbons (Fsp3) is 0.909. The third-order valence-electron chi connectivity index (χ3n) is 22.3. The molecule has 114 heavy (non-hydrogen) atoms. The molecule has 0 radical (unpaired) electrons. The molecule has 10 N–H and O–H groups in total. The second-order valence-corrected chi connectivity index (χ2v) is 34.1. The van der Waals surface area contributed by atoms with Crippen LogP contribution in [0.1, 0.15) is 375 Å². The number of unbranched alkanes of at least 4 members (excludes halogenated alkanes) is 40. The number of ether oxygens (including phenoxy) is 8. The quantitative estimate of drug-likeness (QED) is 0.00889. The van der Waals surface area contributed by atoms with Gasteiger partial charge >= 0.3 is 31.7 Å². The van der Waals surface area contributed by atoms with Crippen LogP contribution < -0.4 is 0 Å². The van der Waals surface area contributed by atoms with Gasteiger partial charge in [-0.25, -0.2) is 4.57 Å². The number of aliphatic hydroxyl groups is 9. The van der Waals surface area contributed by atoms with Crippen LogP contribution in [0.4, 0.5) is 0 Å². The molecule has 0 bridgehead atoms. The minimum Gasteiger partial charge on any atom is -0.463 e. The molecule has 0 spiro atoms. The van der Waals surface area contributed by atoms with E-state index in [4.69, 9.17) is 46.9 Å². The Bertz CT molecular complexity index is 2490. The Morgan fingerprint density at radius 1 is 0.368 bits per heavy atom. The number of phosphoric ester groups is 1. The molecule has 0 amide bonds. The monoisotopic (exact) mass is 1650 g/mol. The maximum absolute atomic E-state index is 14.9. The van der Waals surface area contributed by atoms with E-state index in [9.17, 15) is 74.6 Å². The summed E-state index contributed by atoms with van der Waals surface area (Å²) in [5, 5.41) is 102. The van der Waals surface area contributed by atoms with Crippen molar-refractivity contribution >= 4 is 31.7 Å². The molecule has 0 aromatic heterocycles. The Morgan fingerprint density at radius 3 is 1.14 bits per heavy atom. The van der Waals surface area contributed by atoms with Crippen LogP contribution >= 0.6 is 7.82 Å². The zero-order valence-electron chi connectivity index (χ0n) is 71.0. The Labute approximate surface area is 685 Å². The molecule has 25 nitrogen and oxygen atoms in total. The van der Waals surface area contributed by atoms with Gasteiger partial charge in [-0.05, 0) is 83.0 Å². The van der Waals surface area contributed by atoms with Crippen molar-refractivity contribution < 1.29 is 122 Å². The predicted molar refractivity (Wildman–Crippen MR) is 439 cm³/mol. The fourth-order valence-corrected chi connectivity index (χ4v) is 15.9. The molecule has 3 fully saturated rings. The summed E-state index contributed by atoms with van der Waals surface area (Å²) in [6.07, 6.45) is 23.5. The van der Waals surface area contributed by atoms with E-state index in [0.717, 1.165) is 122 Å². The lowest BCUT2D eigenvalue weighted by Crippen LogP contribution is -2.70. The maximum Gasteiger partial charge on any atom is 0.472 e. The van der Waals surface area contributed by atoms with E-state index in [1.54, 1.807) is 0 Å². The lowest BCUT2D eigenvalue weighted by Gasteiger charge is -2.50. The highest BCUT2D eigenvalue weighted by atomic mass is 31.2. The number of hydrogen-bond donors (Lipinski definition) is 10. The molecule has 0 aromatic carbocycles. The van der Waals surface area contributed by atoms with Gasteiger partial charge in [0.2, 0.25) is 0 Å². The lowest BCUT2D eigenvalue weighted by molar-refractivity contribution is -0.360. The molecule has 3 aliphatic rings. The fourth-order valence-electron chi connectivity index (χ4n) is 15.0. The molecule has 1 aliphatic carbocycles. The second-order valence-electron chi connectivity index (χ2n) is 32.7. The van der Waals surface area contributed by atoms with Crippen molar-refractivity contribution in [3.05, 3.63) is 24.3 Å². The first-order chi connectivity index (χ1) is 55.1. The Balaban J connectivity index is 1.94. The van der Waals surface area contributed by atoms with Crippen molar-refractivity contribution in [2.45, 2.75) is 479 Å². The molecule has 19 unspecified atom stereocenters. The van der Waals surface area contributed by atoms with Crippen molar-refractivity contribution in [1.82, 2.24) is 0 Å². The third kappa shape index (κ3) is 47.2. The molecule has 668 valence electrons. The van der Waals surface area contributed by atoms with Gasteiger partial charge in [-0.3, -0.25) is 28.2 Å². The van der Waals surface area contributed by atoms with E-state index in [1.165, 1.54) is 154 Å². The van der Waals surface area contributed by atoms with E-state index in [2.05, 4.69) is 58.9 Å². The summed E-state index contributed by atoms with van der Waals surface area (Å²) < 4.78 is 73.3. The van der Waals surface area contributed by atoms with Crippen molar-refractivity contribution in [3.8, 4) is 0 Å². The first-order valence-electron chi connectivity index (χ1n) is 45.5. The minimum absolute atomic E-state index is 0.00646. The van der Waals surface area contributed by atoms with Crippen LogP contribution in [0.25, 0.3) is 0 Å². The van der Waals surface area contributed by atoms with Crippen molar-refractivity contribution in [2.75, 3.05) is 26.4 Å². The smallest absolute Gasteiger partial charge is 0.463 e. The first kappa shape index (κ1) is 105. The lowest BCUT2D eigenvalue weighted by atomic mass is 9.84. The molecule has 1 saturated carbocycles. The summed E-state index contributed by atoms with van der Waals surface area (Å²) in [5.41, 5.74) is 0. The first-order valence-corrected chi connectivity index (χ1v) is 47.0. The van der Waals surface area contributed by atoms with E-state index in [0.29, 0.717) is 44.4 Å². The van der Waals surface area contributed by atoms with Gasteiger partial charge in [0.15, 0.2) is 24.8 Å². The molecule has 3 rings (SSSR count). The van der Waals surface area contributed by atoms with Gasteiger partial charge in [-0.1, -0.05) is 296 Å². The largest absolute Gasteiger partial charge is 0.472 e.